The van der Waals surface area contributed by atoms with Gasteiger partial charge in [-0.3, -0.25) is 0 Å². The van der Waals surface area contributed by atoms with Crippen LogP contribution in [0.2, 0.25) is 0 Å². The zero-order chi connectivity index (χ0) is 21.6. The van der Waals surface area contributed by atoms with Crippen LogP contribution in [0.5, 0.6) is 11.5 Å². The van der Waals surface area contributed by atoms with E-state index >= 15 is 0 Å². The first kappa shape index (κ1) is 21.0. The van der Waals surface area contributed by atoms with Crippen LogP contribution in [-0.4, -0.2) is 18.6 Å². The Morgan fingerprint density at radius 2 is 1.74 bits per heavy atom. The summed E-state index contributed by atoms with van der Waals surface area (Å²) in [6.45, 7) is 2.15. The molecule has 0 bridgehead atoms. The summed E-state index contributed by atoms with van der Waals surface area (Å²) in [4.78, 5) is 25.2. The van der Waals surface area contributed by atoms with Gasteiger partial charge in [0.1, 0.15) is 11.5 Å². The topological polar surface area (TPSA) is 76.7 Å². The van der Waals surface area contributed by atoms with E-state index in [0.29, 0.717) is 35.3 Å². The molecule has 0 spiro atoms. The van der Waals surface area contributed by atoms with E-state index in [1.165, 1.54) is 19.3 Å². The molecule has 0 saturated heterocycles. The van der Waals surface area contributed by atoms with Gasteiger partial charge in [-0.2, -0.15) is 0 Å². The number of amides is 2. The average Bonchev–Trinajstić information content (AvgIpc) is 2.78. The van der Waals surface area contributed by atoms with Crippen LogP contribution in [0.3, 0.4) is 0 Å². The zero-order valence-electron chi connectivity index (χ0n) is 17.7. The van der Waals surface area contributed by atoms with Gasteiger partial charge in [-0.05, 0) is 55.5 Å². The fraction of sp³-hybridized carbons (Fsp3) is 0.360. The molecule has 1 saturated carbocycles. The molecular weight excluding hydrogens is 392 g/mol. The molecule has 0 unspecified atom stereocenters. The van der Waals surface area contributed by atoms with Crippen molar-refractivity contribution in [2.24, 2.45) is 5.92 Å². The predicted molar refractivity (Wildman–Crippen MR) is 118 cm³/mol. The summed E-state index contributed by atoms with van der Waals surface area (Å²) < 4.78 is 11.6. The van der Waals surface area contributed by atoms with Gasteiger partial charge in [0.2, 0.25) is 0 Å². The molecule has 1 aliphatic heterocycles. The molecule has 1 atom stereocenters. The highest BCUT2D eigenvalue weighted by Crippen LogP contribution is 2.32. The number of allylic oxidation sites excluding steroid dienone is 1. The minimum Gasteiger partial charge on any atom is -0.462 e. The van der Waals surface area contributed by atoms with Gasteiger partial charge >= 0.3 is 12.0 Å². The number of carbonyl (C=O) groups is 2. The van der Waals surface area contributed by atoms with Crippen molar-refractivity contribution >= 4 is 12.0 Å². The number of carbonyl (C=O) groups excluding carboxylic acids is 2. The molecule has 6 nitrogen and oxygen atoms in total. The first-order valence-electron chi connectivity index (χ1n) is 10.9. The Hall–Kier alpha value is -3.28. The molecule has 2 aromatic carbocycles. The standard InChI is InChI=1S/C25H28N2O4/c1-17-22(24(28)30-16-18-9-4-2-5-10-18)23(27-25(29)26-17)19-11-8-14-21(15-19)31-20-12-6-3-7-13-20/h3,6-8,11-15,18,23H,2,4-5,9-10,16H2,1H3,(H2,26,27,29)/t23-/m0/s1. The monoisotopic (exact) mass is 420 g/mol. The number of ether oxygens (including phenoxy) is 2. The van der Waals surface area contributed by atoms with Crippen LogP contribution in [0.1, 0.15) is 50.6 Å². The van der Waals surface area contributed by atoms with Crippen LogP contribution in [0.25, 0.3) is 0 Å². The van der Waals surface area contributed by atoms with E-state index < -0.39 is 12.0 Å². The predicted octanol–water partition coefficient (Wildman–Crippen LogP) is 5.23. The number of hydrogen-bond donors (Lipinski definition) is 2. The van der Waals surface area contributed by atoms with E-state index in [-0.39, 0.29) is 6.03 Å². The third-order valence-corrected chi connectivity index (χ3v) is 5.83. The average molecular weight is 421 g/mol. The molecular formula is C25H28N2O4. The summed E-state index contributed by atoms with van der Waals surface area (Å²) in [5, 5.41) is 5.56. The number of nitrogens with one attached hydrogen (secondary N) is 2. The van der Waals surface area contributed by atoms with Crippen molar-refractivity contribution in [1.29, 1.82) is 0 Å². The Morgan fingerprint density at radius 3 is 2.52 bits per heavy atom. The van der Waals surface area contributed by atoms with Crippen molar-refractivity contribution in [3.05, 3.63) is 71.4 Å². The summed E-state index contributed by atoms with van der Waals surface area (Å²) in [7, 11) is 0. The molecule has 2 N–H and O–H groups in total. The van der Waals surface area contributed by atoms with Crippen LogP contribution < -0.4 is 15.4 Å². The maximum absolute atomic E-state index is 13.0. The molecule has 1 fully saturated rings. The fourth-order valence-corrected chi connectivity index (χ4v) is 4.22. The molecule has 1 aliphatic carbocycles. The van der Waals surface area contributed by atoms with Gasteiger partial charge in [-0.15, -0.1) is 0 Å². The zero-order valence-corrected chi connectivity index (χ0v) is 17.7. The third-order valence-electron chi connectivity index (χ3n) is 5.83. The molecule has 0 aromatic heterocycles. The van der Waals surface area contributed by atoms with Crippen molar-refractivity contribution in [1.82, 2.24) is 10.6 Å². The number of esters is 1. The van der Waals surface area contributed by atoms with Crippen LogP contribution in [-0.2, 0) is 9.53 Å². The Labute approximate surface area is 182 Å². The van der Waals surface area contributed by atoms with E-state index in [1.807, 2.05) is 54.6 Å². The van der Waals surface area contributed by atoms with E-state index in [9.17, 15) is 9.59 Å². The molecule has 2 aliphatic rings. The first-order chi connectivity index (χ1) is 15.1. The van der Waals surface area contributed by atoms with Crippen molar-refractivity contribution in [2.75, 3.05) is 6.61 Å². The number of para-hydroxylation sites is 1. The molecule has 0 radical (unpaired) electrons. The maximum atomic E-state index is 13.0. The lowest BCUT2D eigenvalue weighted by atomic mass is 9.90. The van der Waals surface area contributed by atoms with Gasteiger partial charge < -0.3 is 20.1 Å². The summed E-state index contributed by atoms with van der Waals surface area (Å²) in [6.07, 6.45) is 5.84. The normalized spacial score (nSPS) is 19.4. The highest BCUT2D eigenvalue weighted by Gasteiger charge is 2.33. The summed E-state index contributed by atoms with van der Waals surface area (Å²) in [5.41, 5.74) is 1.69. The molecule has 2 aromatic rings. The Morgan fingerprint density at radius 1 is 1.00 bits per heavy atom. The number of benzene rings is 2. The number of rotatable bonds is 6. The van der Waals surface area contributed by atoms with E-state index in [0.717, 1.165) is 18.4 Å². The molecule has 31 heavy (non-hydrogen) atoms. The summed E-state index contributed by atoms with van der Waals surface area (Å²) in [5.74, 6) is 1.37. The van der Waals surface area contributed by atoms with Crippen LogP contribution in [0, 0.1) is 5.92 Å². The maximum Gasteiger partial charge on any atom is 0.338 e. The van der Waals surface area contributed by atoms with Gasteiger partial charge in [0.05, 0.1) is 18.2 Å². The molecule has 6 heteroatoms. The van der Waals surface area contributed by atoms with Gasteiger partial charge in [-0.25, -0.2) is 9.59 Å². The Balaban J connectivity index is 1.53. The molecule has 162 valence electrons. The first-order valence-corrected chi connectivity index (χ1v) is 10.9. The highest BCUT2D eigenvalue weighted by molar-refractivity contribution is 5.95. The van der Waals surface area contributed by atoms with E-state index in [4.69, 9.17) is 9.47 Å². The van der Waals surface area contributed by atoms with Crippen molar-refractivity contribution in [3.8, 4) is 11.5 Å². The van der Waals surface area contributed by atoms with Gasteiger partial charge in [-0.1, -0.05) is 49.6 Å². The van der Waals surface area contributed by atoms with Gasteiger partial charge in [0.25, 0.3) is 0 Å². The quantitative estimate of drug-likeness (QED) is 0.628. The van der Waals surface area contributed by atoms with Crippen molar-refractivity contribution < 1.29 is 19.1 Å². The highest BCUT2D eigenvalue weighted by atomic mass is 16.5. The van der Waals surface area contributed by atoms with Crippen molar-refractivity contribution in [2.45, 2.75) is 45.1 Å². The minimum absolute atomic E-state index is 0.347. The second-order valence-electron chi connectivity index (χ2n) is 8.16. The number of hydrogen-bond acceptors (Lipinski definition) is 4. The lowest BCUT2D eigenvalue weighted by molar-refractivity contribution is -0.141. The van der Waals surface area contributed by atoms with Crippen molar-refractivity contribution in [3.63, 3.8) is 0 Å². The van der Waals surface area contributed by atoms with Gasteiger partial charge in [0.15, 0.2) is 0 Å². The van der Waals surface area contributed by atoms with E-state index in [2.05, 4.69) is 10.6 Å². The lowest BCUT2D eigenvalue weighted by Crippen LogP contribution is -2.45. The Kier molecular flexibility index (Phi) is 6.55. The second-order valence-corrected chi connectivity index (χ2v) is 8.16. The third kappa shape index (κ3) is 5.26. The summed E-state index contributed by atoms with van der Waals surface area (Å²) >= 11 is 0. The molecule has 4 rings (SSSR count). The van der Waals surface area contributed by atoms with Crippen LogP contribution in [0.15, 0.2) is 65.9 Å². The fourth-order valence-electron chi connectivity index (χ4n) is 4.22. The van der Waals surface area contributed by atoms with Crippen LogP contribution in [0.4, 0.5) is 4.79 Å². The minimum atomic E-state index is -0.605. The smallest absolute Gasteiger partial charge is 0.338 e. The molecule has 2 amide bonds. The van der Waals surface area contributed by atoms with Crippen LogP contribution >= 0.6 is 0 Å². The summed E-state index contributed by atoms with van der Waals surface area (Å²) in [6, 6.07) is 15.9. The Bertz CT molecular complexity index is 964. The number of urea groups is 1. The van der Waals surface area contributed by atoms with E-state index in [1.54, 1.807) is 6.92 Å². The second kappa shape index (κ2) is 9.69. The largest absolute Gasteiger partial charge is 0.462 e. The molecule has 1 heterocycles. The van der Waals surface area contributed by atoms with Gasteiger partial charge in [0, 0.05) is 5.70 Å². The lowest BCUT2D eigenvalue weighted by Gasteiger charge is -2.29. The SMILES string of the molecule is CC1=C(C(=O)OCC2CCCCC2)[C@H](c2cccc(Oc3ccccc3)c2)NC(=O)N1.